The van der Waals surface area contributed by atoms with Crippen LogP contribution in [0.2, 0.25) is 0 Å². The number of hydrogen-bond donors (Lipinski definition) is 1. The van der Waals surface area contributed by atoms with Crippen molar-refractivity contribution in [3.63, 3.8) is 0 Å². The lowest BCUT2D eigenvalue weighted by Gasteiger charge is -2.26. The molecule has 0 bridgehead atoms. The Kier molecular flexibility index (Phi) is 4.13. The Morgan fingerprint density at radius 1 is 1.38 bits per heavy atom. The normalized spacial score (nSPS) is 20.0. The number of benzene rings is 1. The monoisotopic (exact) mass is 236 g/mol. The largest absolute Gasteiger partial charge is 0.371 e. The van der Waals surface area contributed by atoms with Crippen LogP contribution in [0.1, 0.15) is 12.0 Å². The molecule has 2 nitrogen and oxygen atoms in total. The fraction of sp³-hybridized carbons (Fsp3) is 0.538. The molecule has 0 aliphatic carbocycles. The summed E-state index contributed by atoms with van der Waals surface area (Å²) in [5.74, 6) is 2.58. The molecule has 1 aliphatic rings. The molecule has 0 saturated carbocycles. The van der Waals surface area contributed by atoms with E-state index in [2.05, 4.69) is 53.3 Å². The molecule has 0 radical (unpaired) electrons. The number of nitrogens with zero attached hydrogens (tertiary/aromatic N) is 1. The first-order valence-corrected chi connectivity index (χ1v) is 7.01. The summed E-state index contributed by atoms with van der Waals surface area (Å²) < 4.78 is 0. The molecule has 1 N–H and O–H groups in total. The van der Waals surface area contributed by atoms with E-state index in [0.717, 1.165) is 12.6 Å². The summed E-state index contributed by atoms with van der Waals surface area (Å²) in [5.41, 5.74) is 2.69. The summed E-state index contributed by atoms with van der Waals surface area (Å²) >= 11 is 2.06. The minimum atomic E-state index is 0.722. The Morgan fingerprint density at radius 3 is 2.69 bits per heavy atom. The van der Waals surface area contributed by atoms with E-state index in [0.29, 0.717) is 0 Å². The molecule has 1 atom stereocenters. The molecular weight excluding hydrogens is 216 g/mol. The zero-order valence-electron chi connectivity index (χ0n) is 10.1. The summed E-state index contributed by atoms with van der Waals surface area (Å²) in [6, 6.07) is 9.61. The van der Waals surface area contributed by atoms with E-state index < -0.39 is 0 Å². The van der Waals surface area contributed by atoms with Gasteiger partial charge in [-0.25, -0.2) is 0 Å². The van der Waals surface area contributed by atoms with Gasteiger partial charge in [-0.15, -0.1) is 0 Å². The van der Waals surface area contributed by atoms with Crippen molar-refractivity contribution in [3.05, 3.63) is 29.8 Å². The van der Waals surface area contributed by atoms with Crippen LogP contribution in [-0.2, 0) is 6.54 Å². The third-order valence-electron chi connectivity index (χ3n) is 3.18. The van der Waals surface area contributed by atoms with Gasteiger partial charge in [0, 0.05) is 31.1 Å². The molecular formula is C13H20N2S. The van der Waals surface area contributed by atoms with E-state index in [1.807, 2.05) is 7.05 Å². The molecule has 0 spiro atoms. The van der Waals surface area contributed by atoms with Gasteiger partial charge < -0.3 is 10.2 Å². The van der Waals surface area contributed by atoms with Crippen molar-refractivity contribution < 1.29 is 0 Å². The van der Waals surface area contributed by atoms with E-state index in [1.54, 1.807) is 0 Å². The highest BCUT2D eigenvalue weighted by Gasteiger charge is 2.19. The van der Waals surface area contributed by atoms with E-state index in [-0.39, 0.29) is 0 Å². The van der Waals surface area contributed by atoms with Gasteiger partial charge in [-0.1, -0.05) is 12.1 Å². The van der Waals surface area contributed by atoms with Crippen LogP contribution in [0.25, 0.3) is 0 Å². The molecule has 3 heteroatoms. The second kappa shape index (κ2) is 5.60. The summed E-state index contributed by atoms with van der Waals surface area (Å²) in [5, 5.41) is 3.17. The summed E-state index contributed by atoms with van der Waals surface area (Å²) in [7, 11) is 4.19. The number of thioether (sulfide) groups is 1. The summed E-state index contributed by atoms with van der Waals surface area (Å²) in [4.78, 5) is 2.42. The molecule has 88 valence electrons. The fourth-order valence-electron chi connectivity index (χ4n) is 2.09. The van der Waals surface area contributed by atoms with E-state index >= 15 is 0 Å². The number of anilines is 1. The van der Waals surface area contributed by atoms with Crippen molar-refractivity contribution in [3.8, 4) is 0 Å². The fourth-order valence-corrected chi connectivity index (χ4v) is 3.36. The summed E-state index contributed by atoms with van der Waals surface area (Å²) in [6.07, 6.45) is 1.32. The maximum absolute atomic E-state index is 3.17. The van der Waals surface area contributed by atoms with Crippen LogP contribution in [0.4, 0.5) is 5.69 Å². The maximum Gasteiger partial charge on any atom is 0.0385 e. The lowest BCUT2D eigenvalue weighted by atomic mass is 10.1. The van der Waals surface area contributed by atoms with Crippen molar-refractivity contribution in [2.75, 3.05) is 30.5 Å². The lowest BCUT2D eigenvalue weighted by molar-refractivity contribution is 0.700. The number of hydrogen-bond acceptors (Lipinski definition) is 3. The average molecular weight is 236 g/mol. The quantitative estimate of drug-likeness (QED) is 0.864. The maximum atomic E-state index is 3.17. The highest BCUT2D eigenvalue weighted by atomic mass is 32.2. The first-order chi connectivity index (χ1) is 7.81. The predicted molar refractivity (Wildman–Crippen MR) is 73.3 cm³/mol. The minimum Gasteiger partial charge on any atom is -0.371 e. The topological polar surface area (TPSA) is 15.3 Å². The van der Waals surface area contributed by atoms with Gasteiger partial charge in [0.05, 0.1) is 0 Å². The second-order valence-corrected chi connectivity index (χ2v) is 5.47. The molecule has 1 heterocycles. The summed E-state index contributed by atoms with van der Waals surface area (Å²) in [6.45, 7) is 0.948. The van der Waals surface area contributed by atoms with Crippen LogP contribution in [0.15, 0.2) is 24.3 Å². The van der Waals surface area contributed by atoms with Crippen LogP contribution < -0.4 is 10.2 Å². The van der Waals surface area contributed by atoms with E-state index in [1.165, 1.54) is 29.2 Å². The highest BCUT2D eigenvalue weighted by molar-refractivity contribution is 7.99. The molecule has 1 saturated heterocycles. The van der Waals surface area contributed by atoms with Crippen LogP contribution in [-0.4, -0.2) is 31.6 Å². The molecule has 1 aromatic rings. The van der Waals surface area contributed by atoms with Crippen molar-refractivity contribution in [1.82, 2.24) is 5.32 Å². The van der Waals surface area contributed by atoms with Crippen LogP contribution >= 0.6 is 11.8 Å². The van der Waals surface area contributed by atoms with Gasteiger partial charge in [0.25, 0.3) is 0 Å². The molecule has 1 aromatic carbocycles. The van der Waals surface area contributed by atoms with Gasteiger partial charge in [-0.05, 0) is 36.9 Å². The van der Waals surface area contributed by atoms with Crippen molar-refractivity contribution in [2.45, 2.75) is 19.0 Å². The third-order valence-corrected chi connectivity index (χ3v) is 4.32. The molecule has 16 heavy (non-hydrogen) atoms. The Labute approximate surface area is 102 Å². The smallest absolute Gasteiger partial charge is 0.0385 e. The molecule has 1 fully saturated rings. The van der Waals surface area contributed by atoms with Crippen molar-refractivity contribution in [1.29, 1.82) is 0 Å². The van der Waals surface area contributed by atoms with Crippen LogP contribution in [0.3, 0.4) is 0 Å². The van der Waals surface area contributed by atoms with Crippen LogP contribution in [0.5, 0.6) is 0 Å². The van der Waals surface area contributed by atoms with Crippen molar-refractivity contribution >= 4 is 17.4 Å². The molecule has 1 unspecified atom stereocenters. The van der Waals surface area contributed by atoms with Crippen LogP contribution in [0, 0.1) is 0 Å². The zero-order chi connectivity index (χ0) is 11.4. The standard InChI is InChI=1S/C13H20N2S/c1-14-9-11-3-5-12(6-4-11)15(2)13-7-8-16-10-13/h3-6,13-14H,7-10H2,1-2H3. The molecule has 0 amide bonds. The predicted octanol–water partition coefficient (Wildman–Crippen LogP) is 2.35. The van der Waals surface area contributed by atoms with E-state index in [9.17, 15) is 0 Å². The number of nitrogens with one attached hydrogen (secondary N) is 1. The highest BCUT2D eigenvalue weighted by Crippen LogP contribution is 2.25. The van der Waals surface area contributed by atoms with E-state index in [4.69, 9.17) is 0 Å². The first-order valence-electron chi connectivity index (χ1n) is 5.85. The van der Waals surface area contributed by atoms with Gasteiger partial charge in [-0.3, -0.25) is 0 Å². The zero-order valence-corrected chi connectivity index (χ0v) is 10.9. The Balaban J connectivity index is 2.02. The number of rotatable bonds is 4. The van der Waals surface area contributed by atoms with Gasteiger partial charge in [0.2, 0.25) is 0 Å². The van der Waals surface area contributed by atoms with Gasteiger partial charge >= 0.3 is 0 Å². The average Bonchev–Trinajstić information content (AvgIpc) is 2.83. The third kappa shape index (κ3) is 2.71. The SMILES string of the molecule is CNCc1ccc(N(C)C2CCSC2)cc1. The Hall–Kier alpha value is -0.670. The van der Waals surface area contributed by atoms with Crippen molar-refractivity contribution in [2.24, 2.45) is 0 Å². The van der Waals surface area contributed by atoms with Gasteiger partial charge in [0.15, 0.2) is 0 Å². The molecule has 1 aliphatic heterocycles. The first kappa shape index (κ1) is 11.8. The Morgan fingerprint density at radius 2 is 2.12 bits per heavy atom. The molecule has 2 rings (SSSR count). The van der Waals surface area contributed by atoms with Gasteiger partial charge in [-0.2, -0.15) is 11.8 Å². The lowest BCUT2D eigenvalue weighted by Crippen LogP contribution is -2.31. The second-order valence-electron chi connectivity index (χ2n) is 4.33. The Bertz CT molecular complexity index is 317. The van der Waals surface area contributed by atoms with Gasteiger partial charge in [0.1, 0.15) is 0 Å². The minimum absolute atomic E-state index is 0.722. The molecule has 0 aromatic heterocycles.